The first-order valence-corrected chi connectivity index (χ1v) is 11.1. The lowest BCUT2D eigenvalue weighted by atomic mass is 10.2. The highest BCUT2D eigenvalue weighted by Crippen LogP contribution is 2.41. The van der Waals surface area contributed by atoms with Gasteiger partial charge in [-0.2, -0.15) is 0 Å². The van der Waals surface area contributed by atoms with E-state index in [0.717, 1.165) is 23.4 Å². The number of para-hydroxylation sites is 1. The molecule has 0 aliphatic heterocycles. The number of nitrogens with zero attached hydrogens (tertiary/aromatic N) is 3. The third-order valence-corrected chi connectivity index (χ3v) is 6.14. The molecule has 1 heterocycles. The van der Waals surface area contributed by atoms with Crippen molar-refractivity contribution in [3.05, 3.63) is 54.3 Å². The van der Waals surface area contributed by atoms with Crippen LogP contribution in [0.2, 0.25) is 0 Å². The van der Waals surface area contributed by atoms with Crippen LogP contribution in [0.25, 0.3) is 11.4 Å². The van der Waals surface area contributed by atoms with Crippen molar-refractivity contribution in [3.8, 4) is 11.4 Å². The molecule has 1 aliphatic rings. The highest BCUT2D eigenvalue weighted by Gasteiger charge is 2.31. The van der Waals surface area contributed by atoms with Crippen LogP contribution < -0.4 is 5.32 Å². The lowest BCUT2D eigenvalue weighted by Gasteiger charge is -2.10. The molecule has 0 saturated heterocycles. The van der Waals surface area contributed by atoms with Crippen LogP contribution in [-0.4, -0.2) is 32.7 Å². The molecule has 0 atom stereocenters. The van der Waals surface area contributed by atoms with Crippen LogP contribution in [0.5, 0.6) is 0 Å². The van der Waals surface area contributed by atoms with Crippen LogP contribution in [0.1, 0.15) is 18.9 Å². The maximum absolute atomic E-state index is 14.2. The summed E-state index contributed by atoms with van der Waals surface area (Å²) in [6.07, 6.45) is 4.00. The summed E-state index contributed by atoms with van der Waals surface area (Å²) in [5.74, 6) is 0.311. The summed E-state index contributed by atoms with van der Waals surface area (Å²) in [6, 6.07) is 14.5. The van der Waals surface area contributed by atoms with E-state index in [0.29, 0.717) is 16.5 Å². The third-order valence-electron chi connectivity index (χ3n) is 4.40. The topological polar surface area (TPSA) is 59.8 Å². The number of hydrogen-bond donors (Lipinski definition) is 1. The van der Waals surface area contributed by atoms with Crippen molar-refractivity contribution in [2.75, 3.05) is 17.3 Å². The lowest BCUT2D eigenvalue weighted by molar-refractivity contribution is -0.113. The van der Waals surface area contributed by atoms with Gasteiger partial charge >= 0.3 is 0 Å². The van der Waals surface area contributed by atoms with Gasteiger partial charge in [-0.05, 0) is 43.4 Å². The molecule has 1 aromatic heterocycles. The Morgan fingerprint density at radius 2 is 1.93 bits per heavy atom. The monoisotopic (exact) mass is 414 g/mol. The minimum absolute atomic E-state index is 0.107. The Hall–Kier alpha value is -2.32. The van der Waals surface area contributed by atoms with Crippen molar-refractivity contribution in [2.24, 2.45) is 0 Å². The number of thioether (sulfide) groups is 2. The number of benzene rings is 2. The predicted octanol–water partition coefficient (Wildman–Crippen LogP) is 4.87. The van der Waals surface area contributed by atoms with Crippen molar-refractivity contribution in [1.29, 1.82) is 0 Å². The third kappa shape index (κ3) is 4.07. The summed E-state index contributed by atoms with van der Waals surface area (Å²) in [4.78, 5) is 13.4. The largest absolute Gasteiger partial charge is 0.324 e. The van der Waals surface area contributed by atoms with Gasteiger partial charge in [-0.3, -0.25) is 9.36 Å². The SMILES string of the molecule is CSc1ccccc1NC(=O)CSc1nnc(-c2ccccc2F)n1C1CC1. The van der Waals surface area contributed by atoms with Gasteiger partial charge in [0.2, 0.25) is 5.91 Å². The number of carbonyl (C=O) groups excluding carboxylic acids is 1. The average Bonchev–Trinajstić information content (AvgIpc) is 3.46. The van der Waals surface area contributed by atoms with Crippen LogP contribution in [0.15, 0.2) is 58.6 Å². The zero-order chi connectivity index (χ0) is 19.5. The molecule has 1 aliphatic carbocycles. The van der Waals surface area contributed by atoms with Gasteiger partial charge in [0, 0.05) is 10.9 Å². The average molecular weight is 415 g/mol. The second-order valence-electron chi connectivity index (χ2n) is 6.42. The molecular formula is C20H19FN4OS2. The van der Waals surface area contributed by atoms with Crippen LogP contribution in [-0.2, 0) is 4.79 Å². The molecule has 8 heteroatoms. The van der Waals surface area contributed by atoms with E-state index in [4.69, 9.17) is 0 Å². The fourth-order valence-electron chi connectivity index (χ4n) is 2.93. The van der Waals surface area contributed by atoms with Crippen LogP contribution in [0.3, 0.4) is 0 Å². The maximum atomic E-state index is 14.2. The Morgan fingerprint density at radius 3 is 2.68 bits per heavy atom. The molecule has 3 aromatic rings. The molecule has 1 fully saturated rings. The molecule has 4 rings (SSSR count). The van der Waals surface area contributed by atoms with Crippen molar-refractivity contribution in [2.45, 2.75) is 28.9 Å². The number of amides is 1. The number of carbonyl (C=O) groups is 1. The van der Waals surface area contributed by atoms with E-state index in [1.165, 1.54) is 17.8 Å². The molecule has 2 aromatic carbocycles. The Bertz CT molecular complexity index is 1000. The molecule has 5 nitrogen and oxygen atoms in total. The molecule has 1 N–H and O–H groups in total. The molecule has 0 bridgehead atoms. The highest BCUT2D eigenvalue weighted by molar-refractivity contribution is 7.99. The molecule has 0 spiro atoms. The first-order chi connectivity index (χ1) is 13.7. The second-order valence-corrected chi connectivity index (χ2v) is 8.21. The molecule has 0 radical (unpaired) electrons. The fourth-order valence-corrected chi connectivity index (χ4v) is 4.29. The summed E-state index contributed by atoms with van der Waals surface area (Å²) in [5.41, 5.74) is 1.24. The molecule has 0 unspecified atom stereocenters. The van der Waals surface area contributed by atoms with E-state index < -0.39 is 0 Å². The Kier molecular flexibility index (Phi) is 5.68. The summed E-state index contributed by atoms with van der Waals surface area (Å²) in [5, 5.41) is 12.0. The van der Waals surface area contributed by atoms with Gasteiger partial charge < -0.3 is 5.32 Å². The van der Waals surface area contributed by atoms with E-state index >= 15 is 0 Å². The van der Waals surface area contributed by atoms with Gasteiger partial charge in [-0.1, -0.05) is 36.0 Å². The molecular weight excluding hydrogens is 395 g/mol. The zero-order valence-electron chi connectivity index (χ0n) is 15.3. The van der Waals surface area contributed by atoms with Gasteiger partial charge in [0.25, 0.3) is 0 Å². The molecule has 1 saturated carbocycles. The lowest BCUT2D eigenvalue weighted by Crippen LogP contribution is -2.15. The summed E-state index contributed by atoms with van der Waals surface area (Å²) < 4.78 is 16.2. The maximum Gasteiger partial charge on any atom is 0.234 e. The smallest absolute Gasteiger partial charge is 0.234 e. The molecule has 144 valence electrons. The Labute approximate surface area is 171 Å². The summed E-state index contributed by atoms with van der Waals surface area (Å²) in [6.45, 7) is 0. The normalized spacial score (nSPS) is 13.5. The first-order valence-electron chi connectivity index (χ1n) is 8.93. The van der Waals surface area contributed by atoms with Gasteiger partial charge in [0.05, 0.1) is 17.0 Å². The highest BCUT2D eigenvalue weighted by atomic mass is 32.2. The van der Waals surface area contributed by atoms with Gasteiger partial charge in [-0.25, -0.2) is 4.39 Å². The minimum atomic E-state index is -0.320. The standard InChI is InChI=1S/C20H19FN4OS2/c1-27-17-9-5-4-8-16(17)22-18(26)12-28-20-24-23-19(25(20)13-10-11-13)14-6-2-3-7-15(14)21/h2-9,13H,10-12H2,1H3,(H,22,26). The van der Waals surface area contributed by atoms with E-state index in [2.05, 4.69) is 15.5 Å². The number of aromatic nitrogens is 3. The summed E-state index contributed by atoms with van der Waals surface area (Å²) in [7, 11) is 0. The van der Waals surface area contributed by atoms with Crippen LogP contribution in [0.4, 0.5) is 10.1 Å². The number of nitrogens with one attached hydrogen (secondary N) is 1. The van der Waals surface area contributed by atoms with Crippen molar-refractivity contribution >= 4 is 35.1 Å². The fraction of sp³-hybridized carbons (Fsp3) is 0.250. The first kappa shape index (κ1) is 19.0. The zero-order valence-corrected chi connectivity index (χ0v) is 16.9. The van der Waals surface area contributed by atoms with E-state index in [1.54, 1.807) is 30.0 Å². The predicted molar refractivity (Wildman–Crippen MR) is 111 cm³/mol. The minimum Gasteiger partial charge on any atom is -0.324 e. The number of hydrogen-bond acceptors (Lipinski definition) is 5. The number of anilines is 1. The molecule has 1 amide bonds. The Morgan fingerprint density at radius 1 is 1.18 bits per heavy atom. The van der Waals surface area contributed by atoms with Gasteiger partial charge in [-0.15, -0.1) is 22.0 Å². The second kappa shape index (κ2) is 8.36. The van der Waals surface area contributed by atoms with Crippen molar-refractivity contribution in [3.63, 3.8) is 0 Å². The van der Waals surface area contributed by atoms with Crippen molar-refractivity contribution < 1.29 is 9.18 Å². The number of halogens is 1. The van der Waals surface area contributed by atoms with Crippen LogP contribution >= 0.6 is 23.5 Å². The summed E-state index contributed by atoms with van der Waals surface area (Å²) >= 11 is 2.91. The van der Waals surface area contributed by atoms with Crippen molar-refractivity contribution in [1.82, 2.24) is 14.8 Å². The number of rotatable bonds is 7. The van der Waals surface area contributed by atoms with Gasteiger partial charge in [0.15, 0.2) is 11.0 Å². The van der Waals surface area contributed by atoms with E-state index in [9.17, 15) is 9.18 Å². The van der Waals surface area contributed by atoms with Gasteiger partial charge in [0.1, 0.15) is 5.82 Å². The Balaban J connectivity index is 1.50. The van der Waals surface area contributed by atoms with E-state index in [-0.39, 0.29) is 23.5 Å². The molecule has 28 heavy (non-hydrogen) atoms. The van der Waals surface area contributed by atoms with Crippen LogP contribution in [0, 0.1) is 5.82 Å². The quantitative estimate of drug-likeness (QED) is 0.559. The van der Waals surface area contributed by atoms with E-state index in [1.807, 2.05) is 35.1 Å².